The third kappa shape index (κ3) is 1.77. The molecule has 2 atom stereocenters. The van der Waals surface area contributed by atoms with Gasteiger partial charge in [0, 0.05) is 5.69 Å². The van der Waals surface area contributed by atoms with Crippen LogP contribution < -0.4 is 4.90 Å². The Kier molecular flexibility index (Phi) is 2.86. The summed E-state index contributed by atoms with van der Waals surface area (Å²) in [5, 5.41) is 0. The van der Waals surface area contributed by atoms with Crippen molar-refractivity contribution in [3.05, 3.63) is 30.3 Å². The van der Waals surface area contributed by atoms with Crippen molar-refractivity contribution in [1.82, 2.24) is 0 Å². The van der Waals surface area contributed by atoms with E-state index in [0.717, 1.165) is 5.69 Å². The number of carbonyl (C=O) groups is 1. The molecule has 3 nitrogen and oxygen atoms in total. The average Bonchev–Trinajstić information content (AvgIpc) is 3.04. The van der Waals surface area contributed by atoms with Crippen LogP contribution in [0.15, 0.2) is 30.3 Å². The quantitative estimate of drug-likeness (QED) is 0.575. The standard InChI is InChI=1S/C13H17NO2/c1-9(2)11-12(13(15)16-3)14(11)10-7-5-4-6-8-10/h4-9,11-12H,1-3H3/t11-,12+,14?/m1/s1. The number of para-hydroxylation sites is 1. The van der Waals surface area contributed by atoms with Gasteiger partial charge in [-0.2, -0.15) is 0 Å². The van der Waals surface area contributed by atoms with Gasteiger partial charge in [0.1, 0.15) is 6.04 Å². The fourth-order valence-corrected chi connectivity index (χ4v) is 2.24. The van der Waals surface area contributed by atoms with Crippen LogP contribution in [0.2, 0.25) is 0 Å². The number of esters is 1. The number of hydrogen-bond donors (Lipinski definition) is 0. The molecule has 16 heavy (non-hydrogen) atoms. The highest BCUT2D eigenvalue weighted by Gasteiger charge is 2.54. The summed E-state index contributed by atoms with van der Waals surface area (Å²) in [5.74, 6) is 0.312. The highest BCUT2D eigenvalue weighted by atomic mass is 16.5. The number of benzene rings is 1. The van der Waals surface area contributed by atoms with E-state index in [-0.39, 0.29) is 18.1 Å². The fourth-order valence-electron chi connectivity index (χ4n) is 2.24. The van der Waals surface area contributed by atoms with Gasteiger partial charge in [0.15, 0.2) is 0 Å². The minimum atomic E-state index is -0.137. The molecule has 0 aromatic heterocycles. The molecule has 0 saturated carbocycles. The Morgan fingerprint density at radius 1 is 1.31 bits per heavy atom. The van der Waals surface area contributed by atoms with E-state index in [1.807, 2.05) is 30.3 Å². The van der Waals surface area contributed by atoms with Crippen LogP contribution in [0.4, 0.5) is 5.69 Å². The zero-order chi connectivity index (χ0) is 11.7. The summed E-state index contributed by atoms with van der Waals surface area (Å²) in [7, 11) is 1.45. The van der Waals surface area contributed by atoms with Gasteiger partial charge in [0.05, 0.1) is 13.2 Å². The minimum Gasteiger partial charge on any atom is -0.467 e. The molecule has 1 aromatic rings. The van der Waals surface area contributed by atoms with E-state index in [1.54, 1.807) is 0 Å². The number of hydrogen-bond acceptors (Lipinski definition) is 3. The predicted octanol–water partition coefficient (Wildman–Crippen LogP) is 2.07. The van der Waals surface area contributed by atoms with E-state index in [4.69, 9.17) is 4.74 Å². The van der Waals surface area contributed by atoms with Gasteiger partial charge >= 0.3 is 5.97 Å². The summed E-state index contributed by atoms with van der Waals surface area (Å²) in [6.07, 6.45) is 0. The van der Waals surface area contributed by atoms with Gasteiger partial charge in [0.2, 0.25) is 0 Å². The molecule has 0 radical (unpaired) electrons. The van der Waals surface area contributed by atoms with Crippen molar-refractivity contribution in [1.29, 1.82) is 0 Å². The molecule has 0 unspecified atom stereocenters. The number of anilines is 1. The molecule has 3 heteroatoms. The topological polar surface area (TPSA) is 29.3 Å². The molecule has 0 N–H and O–H groups in total. The van der Waals surface area contributed by atoms with Crippen LogP contribution in [0, 0.1) is 5.92 Å². The smallest absolute Gasteiger partial charge is 0.330 e. The highest BCUT2D eigenvalue weighted by Crippen LogP contribution is 2.39. The van der Waals surface area contributed by atoms with E-state index in [0.29, 0.717) is 5.92 Å². The van der Waals surface area contributed by atoms with Crippen molar-refractivity contribution in [3.8, 4) is 0 Å². The third-order valence-electron chi connectivity index (χ3n) is 3.03. The summed E-state index contributed by atoms with van der Waals surface area (Å²) in [5.41, 5.74) is 1.09. The summed E-state index contributed by atoms with van der Waals surface area (Å²) >= 11 is 0. The number of ether oxygens (including phenoxy) is 1. The van der Waals surface area contributed by atoms with Crippen LogP contribution in [-0.4, -0.2) is 25.2 Å². The molecule has 1 aliphatic rings. The fraction of sp³-hybridized carbons (Fsp3) is 0.462. The Morgan fingerprint density at radius 3 is 2.44 bits per heavy atom. The Balaban J connectivity index is 2.19. The molecule has 0 aliphatic carbocycles. The van der Waals surface area contributed by atoms with Crippen molar-refractivity contribution >= 4 is 11.7 Å². The van der Waals surface area contributed by atoms with Gasteiger partial charge in [-0.1, -0.05) is 32.0 Å². The van der Waals surface area contributed by atoms with Gasteiger partial charge in [-0.3, -0.25) is 0 Å². The highest BCUT2D eigenvalue weighted by molar-refractivity contribution is 5.88. The first-order chi connectivity index (χ1) is 7.66. The van der Waals surface area contributed by atoms with Gasteiger partial charge < -0.3 is 9.64 Å². The van der Waals surface area contributed by atoms with Gasteiger partial charge in [-0.15, -0.1) is 0 Å². The Bertz CT molecular complexity index is 375. The lowest BCUT2D eigenvalue weighted by atomic mass is 10.1. The summed E-state index contributed by atoms with van der Waals surface area (Å²) in [6, 6.07) is 10.2. The number of rotatable bonds is 3. The zero-order valence-corrected chi connectivity index (χ0v) is 9.88. The second kappa shape index (κ2) is 4.16. The first kappa shape index (κ1) is 11.0. The lowest BCUT2D eigenvalue weighted by Crippen LogP contribution is -2.15. The second-order valence-electron chi connectivity index (χ2n) is 4.45. The van der Waals surface area contributed by atoms with E-state index in [2.05, 4.69) is 18.7 Å². The van der Waals surface area contributed by atoms with Crippen molar-refractivity contribution in [3.63, 3.8) is 0 Å². The third-order valence-corrected chi connectivity index (χ3v) is 3.03. The summed E-state index contributed by atoms with van der Waals surface area (Å²) in [4.78, 5) is 13.7. The summed E-state index contributed by atoms with van der Waals surface area (Å²) < 4.78 is 4.83. The molecule has 1 fully saturated rings. The first-order valence-electron chi connectivity index (χ1n) is 5.58. The monoisotopic (exact) mass is 219 g/mol. The Hall–Kier alpha value is -1.51. The Morgan fingerprint density at radius 2 is 1.94 bits per heavy atom. The molecule has 0 amide bonds. The van der Waals surface area contributed by atoms with E-state index in [9.17, 15) is 4.79 Å². The van der Waals surface area contributed by atoms with Crippen LogP contribution in [0.1, 0.15) is 13.8 Å². The van der Waals surface area contributed by atoms with Crippen molar-refractivity contribution in [2.75, 3.05) is 12.0 Å². The van der Waals surface area contributed by atoms with Crippen LogP contribution in [0.25, 0.3) is 0 Å². The lowest BCUT2D eigenvalue weighted by molar-refractivity contribution is -0.139. The maximum absolute atomic E-state index is 11.6. The zero-order valence-electron chi connectivity index (χ0n) is 9.88. The number of methoxy groups -OCH3 is 1. The molecule has 1 saturated heterocycles. The molecular weight excluding hydrogens is 202 g/mol. The predicted molar refractivity (Wildman–Crippen MR) is 63.4 cm³/mol. The SMILES string of the molecule is COC(=O)[C@@H]1[C@@H](C(C)C)N1c1ccccc1. The minimum absolute atomic E-state index is 0.104. The molecule has 0 bridgehead atoms. The Labute approximate surface area is 96.0 Å². The van der Waals surface area contributed by atoms with E-state index >= 15 is 0 Å². The molecule has 0 spiro atoms. The second-order valence-corrected chi connectivity index (χ2v) is 4.45. The van der Waals surface area contributed by atoms with Gasteiger partial charge in [-0.25, -0.2) is 4.79 Å². The largest absolute Gasteiger partial charge is 0.467 e. The van der Waals surface area contributed by atoms with E-state index < -0.39 is 0 Å². The lowest BCUT2D eigenvalue weighted by Gasteiger charge is -2.06. The number of nitrogens with zero attached hydrogens (tertiary/aromatic N) is 1. The maximum atomic E-state index is 11.6. The average molecular weight is 219 g/mol. The van der Waals surface area contributed by atoms with E-state index in [1.165, 1.54) is 7.11 Å². The molecule has 1 aliphatic heterocycles. The van der Waals surface area contributed by atoms with Gasteiger partial charge in [0.25, 0.3) is 0 Å². The van der Waals surface area contributed by atoms with Crippen LogP contribution in [-0.2, 0) is 9.53 Å². The maximum Gasteiger partial charge on any atom is 0.330 e. The first-order valence-corrected chi connectivity index (χ1v) is 5.58. The van der Waals surface area contributed by atoms with Gasteiger partial charge in [-0.05, 0) is 18.1 Å². The van der Waals surface area contributed by atoms with Crippen LogP contribution >= 0.6 is 0 Å². The molecule has 86 valence electrons. The van der Waals surface area contributed by atoms with Crippen LogP contribution in [0.5, 0.6) is 0 Å². The molecule has 1 aromatic carbocycles. The molecule has 1 heterocycles. The molecule has 2 rings (SSSR count). The van der Waals surface area contributed by atoms with Crippen LogP contribution in [0.3, 0.4) is 0 Å². The number of carbonyl (C=O) groups excluding carboxylic acids is 1. The van der Waals surface area contributed by atoms with Crippen molar-refractivity contribution in [2.24, 2.45) is 5.92 Å². The summed E-state index contributed by atoms with van der Waals surface area (Å²) in [6.45, 7) is 4.26. The molecular formula is C13H17NO2. The normalized spacial score (nSPS) is 23.4. The van der Waals surface area contributed by atoms with Crippen molar-refractivity contribution < 1.29 is 9.53 Å². The van der Waals surface area contributed by atoms with Crippen molar-refractivity contribution in [2.45, 2.75) is 25.9 Å².